The zero-order valence-electron chi connectivity index (χ0n) is 8.15. The first-order chi connectivity index (χ1) is 6.90. The van der Waals surface area contributed by atoms with Gasteiger partial charge in [0.2, 0.25) is 0 Å². The van der Waals surface area contributed by atoms with Gasteiger partial charge < -0.3 is 8.92 Å². The first-order valence-corrected chi connectivity index (χ1v) is 8.40. The van der Waals surface area contributed by atoms with Crippen LogP contribution in [0.3, 0.4) is 0 Å². The lowest BCUT2D eigenvalue weighted by molar-refractivity contribution is -0.0226. The van der Waals surface area contributed by atoms with Gasteiger partial charge in [-0.2, -0.15) is 0 Å². The molecule has 5 heteroatoms. The number of hydrogen-bond donors (Lipinski definition) is 0. The van der Waals surface area contributed by atoms with Crippen LogP contribution in [-0.4, -0.2) is 43.9 Å². The molecule has 0 bridgehead atoms. The summed E-state index contributed by atoms with van der Waals surface area (Å²) >= 11 is 2.18. The second-order valence-electron chi connectivity index (χ2n) is 3.99. The lowest BCUT2D eigenvalue weighted by Gasteiger charge is -2.44. The first-order valence-electron chi connectivity index (χ1n) is 5.12. The summed E-state index contributed by atoms with van der Waals surface area (Å²) in [6.07, 6.45) is 2.63. The summed E-state index contributed by atoms with van der Waals surface area (Å²) in [5, 5.41) is 0. The minimum Gasteiger partial charge on any atom is -0.379 e. The number of rotatable bonds is 4. The molecule has 0 aromatic heterocycles. The van der Waals surface area contributed by atoms with Crippen LogP contribution in [0.1, 0.15) is 12.8 Å². The van der Waals surface area contributed by atoms with Gasteiger partial charge in [-0.3, -0.25) is 4.90 Å². The lowest BCUT2D eigenvalue weighted by atomic mass is 9.80. The van der Waals surface area contributed by atoms with Gasteiger partial charge in [-0.25, -0.2) is 0 Å². The average molecular weight is 329 g/mol. The van der Waals surface area contributed by atoms with Crippen LogP contribution in [0.4, 0.5) is 0 Å². The molecule has 0 amide bonds. The molecule has 1 aliphatic heterocycles. The normalized spacial score (nSPS) is 34.1. The van der Waals surface area contributed by atoms with Crippen molar-refractivity contribution in [2.45, 2.75) is 18.9 Å². The summed E-state index contributed by atoms with van der Waals surface area (Å²) in [6, 6.07) is 0.812. The molecule has 0 N–H and O–H groups in total. The van der Waals surface area contributed by atoms with Crippen molar-refractivity contribution in [3.8, 4) is 0 Å². The predicted octanol–water partition coefficient (Wildman–Crippen LogP) is 2.11. The first kappa shape index (κ1) is 11.4. The van der Waals surface area contributed by atoms with Gasteiger partial charge >= 0.3 is 0 Å². The molecular weight excluding hydrogens is 313 g/mol. The second-order valence-corrected chi connectivity index (χ2v) is 5.43. The highest BCUT2D eigenvalue weighted by Gasteiger charge is 2.34. The van der Waals surface area contributed by atoms with Gasteiger partial charge in [-0.05, 0) is 18.8 Å². The Morgan fingerprint density at radius 3 is 2.71 bits per heavy atom. The highest BCUT2D eigenvalue weighted by molar-refractivity contribution is 14.2. The van der Waals surface area contributed by atoms with E-state index in [0.717, 1.165) is 44.9 Å². The molecule has 1 heterocycles. The van der Waals surface area contributed by atoms with E-state index >= 15 is 0 Å². The number of halogens is 1. The Hall–Kier alpha value is 0.960. The number of hydrogen-bond acceptors (Lipinski definition) is 4. The van der Waals surface area contributed by atoms with Crippen LogP contribution in [0.2, 0.25) is 0 Å². The van der Waals surface area contributed by atoms with E-state index in [4.69, 9.17) is 8.92 Å². The molecule has 82 valence electrons. The van der Waals surface area contributed by atoms with E-state index in [1.54, 1.807) is 0 Å². The Bertz CT molecular complexity index is 172. The Balaban J connectivity index is 1.61. The molecule has 0 aromatic rings. The Labute approximate surface area is 102 Å². The summed E-state index contributed by atoms with van der Waals surface area (Å²) in [4.78, 5) is 2.57. The molecule has 0 atom stereocenters. The summed E-state index contributed by atoms with van der Waals surface area (Å²) in [6.45, 7) is 5.01. The molecule has 2 fully saturated rings. The van der Waals surface area contributed by atoms with Gasteiger partial charge in [0.15, 0.2) is 0 Å². The Morgan fingerprint density at radius 2 is 2.07 bits per heavy atom. The maximum absolute atomic E-state index is 5.34. The third kappa shape index (κ3) is 2.98. The highest BCUT2D eigenvalue weighted by atomic mass is 127. The quantitative estimate of drug-likeness (QED) is 0.582. The minimum atomic E-state index is 0.796. The third-order valence-corrected chi connectivity index (χ3v) is 4.11. The van der Waals surface area contributed by atoms with Crippen LogP contribution in [0.5, 0.6) is 0 Å². The van der Waals surface area contributed by atoms with Crippen molar-refractivity contribution in [2.75, 3.05) is 32.9 Å². The van der Waals surface area contributed by atoms with E-state index in [-0.39, 0.29) is 0 Å². The summed E-state index contributed by atoms with van der Waals surface area (Å²) in [5.41, 5.74) is 0. The molecule has 0 spiro atoms. The molecular formula is C9H16INO2S. The maximum Gasteiger partial charge on any atom is 0.0652 e. The second kappa shape index (κ2) is 5.89. The fourth-order valence-electron chi connectivity index (χ4n) is 2.20. The van der Waals surface area contributed by atoms with E-state index in [0.29, 0.717) is 0 Å². The van der Waals surface area contributed by atoms with Crippen LogP contribution in [0, 0.1) is 5.92 Å². The van der Waals surface area contributed by atoms with E-state index in [9.17, 15) is 0 Å². The molecule has 1 saturated carbocycles. The Morgan fingerprint density at radius 1 is 1.36 bits per heavy atom. The van der Waals surface area contributed by atoms with Crippen molar-refractivity contribution in [2.24, 2.45) is 5.92 Å². The maximum atomic E-state index is 5.34. The Kier molecular flexibility index (Phi) is 4.81. The molecule has 14 heavy (non-hydrogen) atoms. The van der Waals surface area contributed by atoms with Gasteiger partial charge in [-0.1, -0.05) is 0 Å². The van der Waals surface area contributed by atoms with Gasteiger partial charge in [-0.15, -0.1) is 0 Å². The fourth-order valence-corrected chi connectivity index (χ4v) is 2.88. The third-order valence-electron chi connectivity index (χ3n) is 3.12. The molecule has 3 nitrogen and oxygen atoms in total. The minimum absolute atomic E-state index is 0.796. The largest absolute Gasteiger partial charge is 0.379 e. The molecule has 2 rings (SSSR count). The van der Waals surface area contributed by atoms with Crippen LogP contribution in [-0.2, 0) is 8.92 Å². The van der Waals surface area contributed by atoms with Crippen molar-refractivity contribution >= 4 is 30.4 Å². The zero-order chi connectivity index (χ0) is 9.80. The van der Waals surface area contributed by atoms with Crippen molar-refractivity contribution in [1.29, 1.82) is 0 Å². The topological polar surface area (TPSA) is 21.7 Å². The molecule has 0 aromatic carbocycles. The van der Waals surface area contributed by atoms with Gasteiger partial charge in [0.05, 0.1) is 29.0 Å². The van der Waals surface area contributed by atoms with E-state index < -0.39 is 0 Å². The fraction of sp³-hybridized carbons (Fsp3) is 1.00. The number of nitrogens with zero attached hydrogens (tertiary/aromatic N) is 1. The summed E-state index contributed by atoms with van der Waals surface area (Å²) < 4.78 is 10.7. The average Bonchev–Trinajstić information content (AvgIpc) is 2.17. The SMILES string of the molecule is ISOCC1CC(N2CCOCC2)C1. The van der Waals surface area contributed by atoms with Crippen LogP contribution < -0.4 is 0 Å². The monoisotopic (exact) mass is 329 g/mol. The van der Waals surface area contributed by atoms with Crippen molar-refractivity contribution in [1.82, 2.24) is 4.90 Å². The molecule has 1 aliphatic carbocycles. The van der Waals surface area contributed by atoms with Crippen molar-refractivity contribution in [3.05, 3.63) is 0 Å². The van der Waals surface area contributed by atoms with Crippen LogP contribution in [0.15, 0.2) is 0 Å². The van der Waals surface area contributed by atoms with E-state index in [1.165, 1.54) is 22.1 Å². The smallest absolute Gasteiger partial charge is 0.0652 e. The van der Waals surface area contributed by atoms with Crippen LogP contribution in [0.25, 0.3) is 0 Å². The molecule has 0 unspecified atom stereocenters. The predicted molar refractivity (Wildman–Crippen MR) is 66.5 cm³/mol. The van der Waals surface area contributed by atoms with Gasteiger partial charge in [0.1, 0.15) is 0 Å². The van der Waals surface area contributed by atoms with E-state index in [2.05, 4.69) is 26.1 Å². The molecule has 2 aliphatic rings. The summed E-state index contributed by atoms with van der Waals surface area (Å²) in [5.74, 6) is 0.796. The highest BCUT2D eigenvalue weighted by Crippen LogP contribution is 2.33. The zero-order valence-corrected chi connectivity index (χ0v) is 11.1. The molecule has 1 saturated heterocycles. The number of morpholine rings is 1. The van der Waals surface area contributed by atoms with Gasteiger partial charge in [0, 0.05) is 40.3 Å². The van der Waals surface area contributed by atoms with E-state index in [1.807, 2.05) is 0 Å². The number of ether oxygens (including phenoxy) is 1. The summed E-state index contributed by atoms with van der Waals surface area (Å²) in [7, 11) is 1.45. The van der Waals surface area contributed by atoms with Crippen molar-refractivity contribution in [3.63, 3.8) is 0 Å². The van der Waals surface area contributed by atoms with Crippen molar-refractivity contribution < 1.29 is 8.92 Å². The molecule has 0 radical (unpaired) electrons. The standard InChI is InChI=1S/C9H16INO2S/c10-14-13-7-8-5-9(6-8)11-1-3-12-4-2-11/h8-9H,1-7H2. The van der Waals surface area contributed by atoms with Gasteiger partial charge in [0.25, 0.3) is 0 Å². The van der Waals surface area contributed by atoms with Crippen LogP contribution >= 0.6 is 30.4 Å². The lowest BCUT2D eigenvalue weighted by Crippen LogP contribution is -2.50.